The van der Waals surface area contributed by atoms with Gasteiger partial charge < -0.3 is 5.73 Å². The van der Waals surface area contributed by atoms with Gasteiger partial charge in [-0.1, -0.05) is 39.0 Å². The van der Waals surface area contributed by atoms with Crippen molar-refractivity contribution in [1.29, 1.82) is 0 Å². The highest BCUT2D eigenvalue weighted by Gasteiger charge is 2.15. The smallest absolute Gasteiger partial charge is 0.209 e. The van der Waals surface area contributed by atoms with Crippen LogP contribution in [0.25, 0.3) is 0 Å². The van der Waals surface area contributed by atoms with Crippen molar-refractivity contribution in [1.82, 2.24) is 4.72 Å². The van der Waals surface area contributed by atoms with Gasteiger partial charge in [-0.3, -0.25) is 0 Å². The fraction of sp³-hybridized carbons (Fsp3) is 0.625. The molecule has 0 amide bonds. The predicted molar refractivity (Wildman–Crippen MR) is 88.8 cm³/mol. The minimum atomic E-state index is -3.17. The van der Waals surface area contributed by atoms with Gasteiger partial charge in [0.05, 0.1) is 6.26 Å². The maximum absolute atomic E-state index is 11.3. The Hall–Kier alpha value is -0.910. The van der Waals surface area contributed by atoms with Crippen molar-refractivity contribution in [3.8, 4) is 0 Å². The summed E-state index contributed by atoms with van der Waals surface area (Å²) < 4.78 is 25.1. The summed E-state index contributed by atoms with van der Waals surface area (Å²) in [6.07, 6.45) is 4.23. The number of hydrogen-bond acceptors (Lipinski definition) is 3. The summed E-state index contributed by atoms with van der Waals surface area (Å²) in [6.45, 7) is 7.55. The van der Waals surface area contributed by atoms with Gasteiger partial charge in [-0.05, 0) is 47.9 Å². The molecule has 0 radical (unpaired) electrons. The second-order valence-electron chi connectivity index (χ2n) is 6.63. The Bertz CT molecular complexity index is 560. The summed E-state index contributed by atoms with van der Waals surface area (Å²) in [5, 5.41) is 0. The van der Waals surface area contributed by atoms with Crippen LogP contribution in [0.3, 0.4) is 0 Å². The van der Waals surface area contributed by atoms with Crippen LogP contribution < -0.4 is 10.5 Å². The SMILES string of the molecule is CC(C)(C)c1cc(CCCCN)cc(CNS(C)(=O)=O)c1. The highest BCUT2D eigenvalue weighted by molar-refractivity contribution is 7.88. The summed E-state index contributed by atoms with van der Waals surface area (Å²) in [6, 6.07) is 6.40. The number of nitrogens with two attached hydrogens (primary N) is 1. The summed E-state index contributed by atoms with van der Waals surface area (Å²) in [4.78, 5) is 0. The lowest BCUT2D eigenvalue weighted by atomic mass is 9.84. The normalized spacial score (nSPS) is 12.6. The topological polar surface area (TPSA) is 72.2 Å². The molecule has 0 saturated carbocycles. The molecule has 21 heavy (non-hydrogen) atoms. The quantitative estimate of drug-likeness (QED) is 0.759. The van der Waals surface area contributed by atoms with E-state index in [0.717, 1.165) is 24.8 Å². The number of rotatable bonds is 7. The van der Waals surface area contributed by atoms with Gasteiger partial charge in [0.25, 0.3) is 0 Å². The van der Waals surface area contributed by atoms with Gasteiger partial charge in [0.2, 0.25) is 10.0 Å². The lowest BCUT2D eigenvalue weighted by molar-refractivity contribution is 0.583. The average Bonchev–Trinajstić information content (AvgIpc) is 2.35. The largest absolute Gasteiger partial charge is 0.330 e. The van der Waals surface area contributed by atoms with Crippen molar-refractivity contribution in [3.63, 3.8) is 0 Å². The molecule has 0 fully saturated rings. The minimum Gasteiger partial charge on any atom is -0.330 e. The first kappa shape index (κ1) is 18.1. The van der Waals surface area contributed by atoms with Crippen LogP contribution in [0.4, 0.5) is 0 Å². The molecule has 0 unspecified atom stereocenters. The molecular formula is C16H28N2O2S. The molecule has 4 nitrogen and oxygen atoms in total. The summed E-state index contributed by atoms with van der Waals surface area (Å²) >= 11 is 0. The fourth-order valence-electron chi connectivity index (χ4n) is 2.13. The molecule has 0 spiro atoms. The van der Waals surface area contributed by atoms with Crippen LogP contribution in [0.5, 0.6) is 0 Å². The molecule has 1 rings (SSSR count). The summed E-state index contributed by atoms with van der Waals surface area (Å²) in [7, 11) is -3.17. The molecule has 120 valence electrons. The molecule has 0 saturated heterocycles. The van der Waals surface area contributed by atoms with Crippen molar-refractivity contribution in [2.75, 3.05) is 12.8 Å². The van der Waals surface area contributed by atoms with E-state index >= 15 is 0 Å². The van der Waals surface area contributed by atoms with Crippen LogP contribution in [0, 0.1) is 0 Å². The van der Waals surface area contributed by atoms with Gasteiger partial charge in [0.15, 0.2) is 0 Å². The van der Waals surface area contributed by atoms with Crippen molar-refractivity contribution in [2.45, 2.75) is 52.0 Å². The first-order chi connectivity index (χ1) is 9.62. The number of hydrogen-bond donors (Lipinski definition) is 2. The molecule has 0 aromatic heterocycles. The maximum Gasteiger partial charge on any atom is 0.209 e. The Kier molecular flexibility index (Phi) is 6.38. The van der Waals surface area contributed by atoms with Gasteiger partial charge in [-0.25, -0.2) is 13.1 Å². The third kappa shape index (κ3) is 7.07. The van der Waals surface area contributed by atoms with E-state index in [4.69, 9.17) is 5.73 Å². The van der Waals surface area contributed by atoms with Crippen LogP contribution in [-0.2, 0) is 28.4 Å². The molecule has 0 aliphatic rings. The molecule has 0 bridgehead atoms. The molecule has 5 heteroatoms. The third-order valence-electron chi connectivity index (χ3n) is 3.38. The highest BCUT2D eigenvalue weighted by atomic mass is 32.2. The average molecular weight is 312 g/mol. The second-order valence-corrected chi connectivity index (χ2v) is 8.46. The van der Waals surface area contributed by atoms with E-state index in [9.17, 15) is 8.42 Å². The molecule has 1 aromatic rings. The van der Waals surface area contributed by atoms with Gasteiger partial charge >= 0.3 is 0 Å². The highest BCUT2D eigenvalue weighted by Crippen LogP contribution is 2.25. The van der Waals surface area contributed by atoms with E-state index in [1.54, 1.807) is 0 Å². The van der Waals surface area contributed by atoms with Crippen LogP contribution >= 0.6 is 0 Å². The monoisotopic (exact) mass is 312 g/mol. The lowest BCUT2D eigenvalue weighted by Crippen LogP contribution is -2.22. The summed E-state index contributed by atoms with van der Waals surface area (Å²) in [5.41, 5.74) is 9.08. The Morgan fingerprint density at radius 2 is 1.71 bits per heavy atom. The number of nitrogens with one attached hydrogen (secondary N) is 1. The van der Waals surface area contributed by atoms with Crippen LogP contribution in [0.2, 0.25) is 0 Å². The second kappa shape index (κ2) is 7.38. The summed E-state index contributed by atoms with van der Waals surface area (Å²) in [5.74, 6) is 0. The van der Waals surface area contributed by atoms with Crippen LogP contribution in [-0.4, -0.2) is 21.2 Å². The number of sulfonamides is 1. The van der Waals surface area contributed by atoms with Gasteiger partial charge in [0, 0.05) is 6.54 Å². The molecule has 3 N–H and O–H groups in total. The number of unbranched alkanes of at least 4 members (excludes halogenated alkanes) is 1. The van der Waals surface area contributed by atoms with E-state index in [1.807, 2.05) is 0 Å². The first-order valence-corrected chi connectivity index (χ1v) is 9.29. The Labute approximate surface area is 129 Å². The van der Waals surface area contributed by atoms with Gasteiger partial charge in [-0.15, -0.1) is 0 Å². The molecule has 0 heterocycles. The Balaban J connectivity index is 2.97. The molecule has 0 aliphatic heterocycles. The molecule has 1 aromatic carbocycles. The predicted octanol–water partition coefficient (Wildman–Crippen LogP) is 2.31. The Morgan fingerprint density at radius 3 is 2.24 bits per heavy atom. The zero-order valence-corrected chi connectivity index (χ0v) is 14.4. The van der Waals surface area contributed by atoms with Gasteiger partial charge in [0.1, 0.15) is 0 Å². The van der Waals surface area contributed by atoms with E-state index in [2.05, 4.69) is 43.7 Å². The fourth-order valence-corrected chi connectivity index (χ4v) is 2.56. The van der Waals surface area contributed by atoms with Crippen molar-refractivity contribution in [3.05, 3.63) is 34.9 Å². The van der Waals surface area contributed by atoms with Crippen molar-refractivity contribution >= 4 is 10.0 Å². The number of aryl methyl sites for hydroxylation is 1. The van der Waals surface area contributed by atoms with E-state index in [0.29, 0.717) is 13.1 Å². The number of benzene rings is 1. The lowest BCUT2D eigenvalue weighted by Gasteiger charge is -2.21. The van der Waals surface area contributed by atoms with E-state index < -0.39 is 10.0 Å². The molecule has 0 aliphatic carbocycles. The standard InChI is InChI=1S/C16H28N2O2S/c1-16(2,3)15-10-13(7-5-6-8-17)9-14(11-15)12-18-21(4,19)20/h9-11,18H,5-8,12,17H2,1-4H3. The van der Waals surface area contributed by atoms with Crippen LogP contribution in [0.1, 0.15) is 50.3 Å². The van der Waals surface area contributed by atoms with Crippen LogP contribution in [0.15, 0.2) is 18.2 Å². The zero-order valence-electron chi connectivity index (χ0n) is 13.6. The third-order valence-corrected chi connectivity index (χ3v) is 4.05. The maximum atomic E-state index is 11.3. The van der Waals surface area contributed by atoms with Crippen molar-refractivity contribution in [2.24, 2.45) is 5.73 Å². The first-order valence-electron chi connectivity index (χ1n) is 7.40. The van der Waals surface area contributed by atoms with E-state index in [-0.39, 0.29) is 5.41 Å². The van der Waals surface area contributed by atoms with Gasteiger partial charge in [-0.2, -0.15) is 0 Å². The Morgan fingerprint density at radius 1 is 1.10 bits per heavy atom. The van der Waals surface area contributed by atoms with Crippen molar-refractivity contribution < 1.29 is 8.42 Å². The molecule has 0 atom stereocenters. The molecular weight excluding hydrogens is 284 g/mol. The minimum absolute atomic E-state index is 0.0454. The van der Waals surface area contributed by atoms with E-state index in [1.165, 1.54) is 17.4 Å². The zero-order chi connectivity index (χ0) is 16.1.